The fourth-order valence-corrected chi connectivity index (χ4v) is 2.69. The first-order chi connectivity index (χ1) is 12.4. The van der Waals surface area contributed by atoms with Gasteiger partial charge in [-0.2, -0.15) is 13.2 Å². The Morgan fingerprint density at radius 3 is 2.22 bits per heavy atom. The topological polar surface area (TPSA) is 131 Å². The van der Waals surface area contributed by atoms with E-state index in [0.29, 0.717) is 0 Å². The lowest BCUT2D eigenvalue weighted by Gasteiger charge is -2.09. The van der Waals surface area contributed by atoms with Gasteiger partial charge in [-0.05, 0) is 24.3 Å². The Balaban J connectivity index is 2.52. The maximum absolute atomic E-state index is 11.9. The molecule has 13 heteroatoms. The van der Waals surface area contributed by atoms with Crippen LogP contribution in [0.1, 0.15) is 17.3 Å². The van der Waals surface area contributed by atoms with E-state index in [1.165, 1.54) is 5.32 Å². The zero-order valence-electron chi connectivity index (χ0n) is 13.9. The molecule has 0 heterocycles. The van der Waals surface area contributed by atoms with Gasteiger partial charge in [0.2, 0.25) is 10.0 Å². The van der Waals surface area contributed by atoms with Gasteiger partial charge in [0.25, 0.3) is 5.91 Å². The summed E-state index contributed by atoms with van der Waals surface area (Å²) >= 11 is 0. The van der Waals surface area contributed by atoms with Gasteiger partial charge < -0.3 is 10.1 Å². The van der Waals surface area contributed by atoms with Crippen LogP contribution in [0.2, 0.25) is 0 Å². The van der Waals surface area contributed by atoms with Crippen molar-refractivity contribution in [3.05, 3.63) is 29.8 Å². The van der Waals surface area contributed by atoms with Gasteiger partial charge in [-0.1, -0.05) is 6.92 Å². The van der Waals surface area contributed by atoms with E-state index in [1.54, 1.807) is 12.2 Å². The molecule has 0 spiro atoms. The Labute approximate surface area is 152 Å². The van der Waals surface area contributed by atoms with Crippen LogP contribution in [0, 0.1) is 0 Å². The van der Waals surface area contributed by atoms with Crippen molar-refractivity contribution >= 4 is 27.9 Å². The molecule has 0 unspecified atom stereocenters. The van der Waals surface area contributed by atoms with Gasteiger partial charge in [0, 0.05) is 6.54 Å². The molecule has 1 aromatic carbocycles. The van der Waals surface area contributed by atoms with Crippen molar-refractivity contribution in [2.75, 3.05) is 19.7 Å². The third-order valence-electron chi connectivity index (χ3n) is 2.77. The minimum Gasteiger partial charge on any atom is -0.452 e. The number of alkyl halides is 3. The first-order valence-electron chi connectivity index (χ1n) is 7.36. The van der Waals surface area contributed by atoms with Gasteiger partial charge in [0.15, 0.2) is 6.61 Å². The second-order valence-electron chi connectivity index (χ2n) is 4.95. The number of amides is 3. The van der Waals surface area contributed by atoms with Crippen molar-refractivity contribution in [3.63, 3.8) is 0 Å². The van der Waals surface area contributed by atoms with Crippen molar-refractivity contribution in [1.82, 2.24) is 15.4 Å². The van der Waals surface area contributed by atoms with Gasteiger partial charge in [0.05, 0.1) is 10.5 Å². The summed E-state index contributed by atoms with van der Waals surface area (Å²) in [5.74, 6) is -2.14. The molecule has 150 valence electrons. The fourth-order valence-electron chi connectivity index (χ4n) is 1.65. The maximum atomic E-state index is 11.9. The predicted molar refractivity (Wildman–Crippen MR) is 85.2 cm³/mol. The number of hydrogen-bond donors (Lipinski definition) is 3. The van der Waals surface area contributed by atoms with Crippen molar-refractivity contribution in [1.29, 1.82) is 0 Å². The van der Waals surface area contributed by atoms with Crippen molar-refractivity contribution in [2.45, 2.75) is 18.0 Å². The fraction of sp³-hybridized carbons (Fsp3) is 0.357. The molecule has 0 saturated carbocycles. The molecule has 27 heavy (non-hydrogen) atoms. The standard InChI is InChI=1S/C14H16F3N3O6S/c1-2-19-27(24,25)10-5-3-9(4-6-10)12(22)26-7-11(21)20-13(23)18-8-14(15,16)17/h3-6,19H,2,7-8H2,1H3,(H2,18,20,21,23). The first kappa shape index (κ1) is 22.4. The number of esters is 1. The Morgan fingerprint density at radius 2 is 1.70 bits per heavy atom. The van der Waals surface area contributed by atoms with Crippen molar-refractivity contribution < 1.29 is 40.7 Å². The van der Waals surface area contributed by atoms with Gasteiger partial charge in [-0.15, -0.1) is 0 Å². The molecular formula is C14H16F3N3O6S. The highest BCUT2D eigenvalue weighted by Crippen LogP contribution is 2.12. The van der Waals surface area contributed by atoms with Gasteiger partial charge in [-0.3, -0.25) is 10.1 Å². The molecule has 0 aliphatic rings. The number of halogens is 3. The van der Waals surface area contributed by atoms with Crippen LogP contribution < -0.4 is 15.4 Å². The Kier molecular flexibility index (Phi) is 7.72. The number of urea groups is 1. The number of carbonyl (C=O) groups is 3. The molecular weight excluding hydrogens is 395 g/mol. The molecule has 0 radical (unpaired) electrons. The van der Waals surface area contributed by atoms with E-state index < -0.39 is 47.3 Å². The van der Waals surface area contributed by atoms with Crippen LogP contribution in [-0.2, 0) is 19.6 Å². The Hall–Kier alpha value is -2.67. The molecule has 0 saturated heterocycles. The second kappa shape index (κ2) is 9.32. The highest BCUT2D eigenvalue weighted by atomic mass is 32.2. The number of hydrogen-bond acceptors (Lipinski definition) is 6. The average molecular weight is 411 g/mol. The largest absolute Gasteiger partial charge is 0.452 e. The third-order valence-corrected chi connectivity index (χ3v) is 4.33. The molecule has 0 aromatic heterocycles. The number of rotatable bonds is 7. The average Bonchev–Trinajstić information content (AvgIpc) is 2.57. The second-order valence-corrected chi connectivity index (χ2v) is 6.71. The summed E-state index contributed by atoms with van der Waals surface area (Å²) in [6, 6.07) is 3.21. The number of carbonyl (C=O) groups excluding carboxylic acids is 3. The monoisotopic (exact) mass is 411 g/mol. The Morgan fingerprint density at radius 1 is 1.11 bits per heavy atom. The van der Waals surface area contributed by atoms with Crippen LogP contribution in [0.4, 0.5) is 18.0 Å². The molecule has 3 N–H and O–H groups in total. The van der Waals surface area contributed by atoms with Crippen LogP contribution in [0.5, 0.6) is 0 Å². The SMILES string of the molecule is CCNS(=O)(=O)c1ccc(C(=O)OCC(=O)NC(=O)NCC(F)(F)F)cc1. The lowest BCUT2D eigenvalue weighted by atomic mass is 10.2. The summed E-state index contributed by atoms with van der Waals surface area (Å²) in [4.78, 5) is 34.1. The van der Waals surface area contributed by atoms with E-state index in [4.69, 9.17) is 0 Å². The number of sulfonamides is 1. The summed E-state index contributed by atoms with van der Waals surface area (Å²) in [5.41, 5.74) is -0.0697. The lowest BCUT2D eigenvalue weighted by Crippen LogP contribution is -2.44. The van der Waals surface area contributed by atoms with Crippen LogP contribution >= 0.6 is 0 Å². The Bertz CT molecular complexity index is 793. The van der Waals surface area contributed by atoms with Crippen molar-refractivity contribution in [3.8, 4) is 0 Å². The smallest absolute Gasteiger partial charge is 0.405 e. The highest BCUT2D eigenvalue weighted by molar-refractivity contribution is 7.89. The summed E-state index contributed by atoms with van der Waals surface area (Å²) in [5, 5.41) is 2.95. The van der Waals surface area contributed by atoms with Gasteiger partial charge >= 0.3 is 18.2 Å². The number of nitrogens with one attached hydrogen (secondary N) is 3. The van der Waals surface area contributed by atoms with E-state index in [9.17, 15) is 36.0 Å². The molecule has 1 rings (SSSR count). The van der Waals surface area contributed by atoms with E-state index in [0.717, 1.165) is 24.3 Å². The molecule has 0 fully saturated rings. The predicted octanol–water partition coefficient (Wildman–Crippen LogP) is 0.530. The number of benzene rings is 1. The minimum absolute atomic E-state index is 0.0697. The number of imide groups is 1. The van der Waals surface area contributed by atoms with Crippen LogP contribution in [-0.4, -0.2) is 52.2 Å². The number of ether oxygens (including phenoxy) is 1. The van der Waals surface area contributed by atoms with E-state index in [-0.39, 0.29) is 17.0 Å². The molecule has 0 aliphatic heterocycles. The minimum atomic E-state index is -4.64. The van der Waals surface area contributed by atoms with Gasteiger partial charge in [0.1, 0.15) is 6.54 Å². The summed E-state index contributed by atoms with van der Waals surface area (Å²) in [6.07, 6.45) is -4.64. The first-order valence-corrected chi connectivity index (χ1v) is 8.84. The quantitative estimate of drug-likeness (QED) is 0.561. The molecule has 1 aromatic rings. The summed E-state index contributed by atoms with van der Waals surface area (Å²) in [6.45, 7) is -0.779. The van der Waals surface area contributed by atoms with E-state index in [1.807, 2.05) is 0 Å². The molecule has 0 bridgehead atoms. The van der Waals surface area contributed by atoms with Crippen molar-refractivity contribution in [2.24, 2.45) is 0 Å². The van der Waals surface area contributed by atoms with Crippen LogP contribution in [0.25, 0.3) is 0 Å². The highest BCUT2D eigenvalue weighted by Gasteiger charge is 2.28. The molecule has 3 amide bonds. The van der Waals surface area contributed by atoms with E-state index in [2.05, 4.69) is 9.46 Å². The normalized spacial score (nSPS) is 11.6. The molecule has 9 nitrogen and oxygen atoms in total. The molecule has 0 atom stereocenters. The van der Waals surface area contributed by atoms with Gasteiger partial charge in [-0.25, -0.2) is 22.7 Å². The summed E-state index contributed by atoms with van der Waals surface area (Å²) < 4.78 is 66.1. The lowest BCUT2D eigenvalue weighted by molar-refractivity contribution is -0.125. The van der Waals surface area contributed by atoms with Crippen LogP contribution in [0.3, 0.4) is 0 Å². The molecule has 0 aliphatic carbocycles. The maximum Gasteiger partial charge on any atom is 0.405 e. The van der Waals surface area contributed by atoms with Crippen LogP contribution in [0.15, 0.2) is 29.2 Å². The zero-order chi connectivity index (χ0) is 20.7. The third kappa shape index (κ3) is 8.04. The zero-order valence-corrected chi connectivity index (χ0v) is 14.7. The summed E-state index contributed by atoms with van der Waals surface area (Å²) in [7, 11) is -3.70. The van der Waals surface area contributed by atoms with E-state index >= 15 is 0 Å².